The Balaban J connectivity index is 1.83. The molecule has 0 amide bonds. The molecular weight excluding hydrogens is 218 g/mol. The van der Waals surface area contributed by atoms with Gasteiger partial charge in [-0.15, -0.1) is 0 Å². The van der Waals surface area contributed by atoms with Gasteiger partial charge in [-0.25, -0.2) is 0 Å². The van der Waals surface area contributed by atoms with Crippen molar-refractivity contribution < 1.29 is 4.74 Å². The quantitative estimate of drug-likeness (QED) is 0.854. The van der Waals surface area contributed by atoms with E-state index in [0.29, 0.717) is 5.92 Å². The average molecular weight is 237 g/mol. The van der Waals surface area contributed by atoms with Gasteiger partial charge in [0.25, 0.3) is 0 Å². The molecule has 1 fully saturated rings. The maximum Gasteiger partial charge on any atom is 0.119 e. The van der Waals surface area contributed by atoms with Crippen molar-refractivity contribution in [2.24, 2.45) is 17.6 Å². The van der Waals surface area contributed by atoms with Gasteiger partial charge in [-0.2, -0.15) is 11.8 Å². The molecule has 1 saturated heterocycles. The fraction of sp³-hybridized carbons (Fsp3) is 0.538. The molecule has 2 N–H and O–H groups in total. The fourth-order valence-corrected chi connectivity index (χ4v) is 3.42. The van der Waals surface area contributed by atoms with Crippen molar-refractivity contribution >= 4 is 11.8 Å². The summed E-state index contributed by atoms with van der Waals surface area (Å²) in [6, 6.07) is 9.99. The van der Waals surface area contributed by atoms with Gasteiger partial charge in [0.05, 0.1) is 6.61 Å². The van der Waals surface area contributed by atoms with Crippen molar-refractivity contribution in [2.45, 2.75) is 6.42 Å². The molecule has 1 aromatic carbocycles. The molecule has 0 spiro atoms. The van der Waals surface area contributed by atoms with Crippen LogP contribution in [0, 0.1) is 11.8 Å². The van der Waals surface area contributed by atoms with Crippen LogP contribution in [0.4, 0.5) is 0 Å². The summed E-state index contributed by atoms with van der Waals surface area (Å²) in [5.74, 6) is 4.74. The maximum atomic E-state index is 5.83. The van der Waals surface area contributed by atoms with E-state index in [-0.39, 0.29) is 0 Å². The SMILES string of the molecule is NCC(COc1ccccc1)C1CCSC1. The van der Waals surface area contributed by atoms with Crippen molar-refractivity contribution in [3.05, 3.63) is 30.3 Å². The zero-order chi connectivity index (χ0) is 11.2. The molecule has 16 heavy (non-hydrogen) atoms. The third kappa shape index (κ3) is 3.16. The van der Waals surface area contributed by atoms with Crippen LogP contribution >= 0.6 is 11.8 Å². The van der Waals surface area contributed by atoms with Gasteiger partial charge in [0, 0.05) is 5.92 Å². The summed E-state index contributed by atoms with van der Waals surface area (Å²) in [4.78, 5) is 0. The van der Waals surface area contributed by atoms with Gasteiger partial charge in [0.1, 0.15) is 5.75 Å². The number of hydrogen-bond acceptors (Lipinski definition) is 3. The van der Waals surface area contributed by atoms with Gasteiger partial charge in [-0.3, -0.25) is 0 Å². The molecule has 0 radical (unpaired) electrons. The molecule has 2 nitrogen and oxygen atoms in total. The smallest absolute Gasteiger partial charge is 0.119 e. The molecule has 0 aromatic heterocycles. The van der Waals surface area contributed by atoms with Crippen LogP contribution in [0.25, 0.3) is 0 Å². The number of ether oxygens (including phenoxy) is 1. The van der Waals surface area contributed by atoms with E-state index in [1.165, 1.54) is 17.9 Å². The summed E-state index contributed by atoms with van der Waals surface area (Å²) in [5.41, 5.74) is 5.83. The van der Waals surface area contributed by atoms with Gasteiger partial charge >= 0.3 is 0 Å². The molecule has 2 rings (SSSR count). The summed E-state index contributed by atoms with van der Waals surface area (Å²) in [6.07, 6.45) is 1.30. The molecular formula is C13H19NOS. The van der Waals surface area contributed by atoms with Crippen molar-refractivity contribution in [2.75, 3.05) is 24.7 Å². The maximum absolute atomic E-state index is 5.83. The molecule has 2 unspecified atom stereocenters. The second-order valence-electron chi connectivity index (χ2n) is 4.24. The molecule has 0 aliphatic carbocycles. The van der Waals surface area contributed by atoms with Gasteiger partial charge in [-0.1, -0.05) is 18.2 Å². The molecule has 1 heterocycles. The first-order valence-corrected chi connectivity index (χ1v) is 7.01. The highest BCUT2D eigenvalue weighted by molar-refractivity contribution is 7.99. The van der Waals surface area contributed by atoms with Crippen molar-refractivity contribution in [3.63, 3.8) is 0 Å². The Kier molecular flexibility index (Phi) is 4.55. The summed E-state index contributed by atoms with van der Waals surface area (Å²) in [7, 11) is 0. The van der Waals surface area contributed by atoms with Gasteiger partial charge in [0.2, 0.25) is 0 Å². The first kappa shape index (κ1) is 11.8. The Morgan fingerprint density at radius 1 is 1.38 bits per heavy atom. The third-order valence-corrected chi connectivity index (χ3v) is 4.33. The van der Waals surface area contributed by atoms with Crippen molar-refractivity contribution in [1.82, 2.24) is 0 Å². The predicted molar refractivity (Wildman–Crippen MR) is 69.9 cm³/mol. The van der Waals surface area contributed by atoms with E-state index in [1.807, 2.05) is 42.1 Å². The second kappa shape index (κ2) is 6.16. The molecule has 1 aliphatic heterocycles. The standard InChI is InChI=1S/C13H19NOS/c14-8-12(11-6-7-16-10-11)9-15-13-4-2-1-3-5-13/h1-5,11-12H,6-10,14H2. The lowest BCUT2D eigenvalue weighted by Crippen LogP contribution is -2.29. The van der Waals surface area contributed by atoms with E-state index in [1.54, 1.807) is 0 Å². The Morgan fingerprint density at radius 3 is 2.81 bits per heavy atom. The number of hydrogen-bond donors (Lipinski definition) is 1. The van der Waals surface area contributed by atoms with E-state index in [4.69, 9.17) is 10.5 Å². The van der Waals surface area contributed by atoms with Crippen LogP contribution in [0.5, 0.6) is 5.75 Å². The number of benzene rings is 1. The fourth-order valence-electron chi connectivity index (χ4n) is 2.04. The molecule has 2 atom stereocenters. The number of nitrogens with two attached hydrogens (primary N) is 1. The van der Waals surface area contributed by atoms with Crippen LogP contribution in [0.3, 0.4) is 0 Å². The highest BCUT2D eigenvalue weighted by Gasteiger charge is 2.24. The third-order valence-electron chi connectivity index (χ3n) is 3.14. The molecule has 0 bridgehead atoms. The van der Waals surface area contributed by atoms with E-state index in [2.05, 4.69) is 0 Å². The number of rotatable bonds is 5. The lowest BCUT2D eigenvalue weighted by Gasteiger charge is -2.21. The Hall–Kier alpha value is -0.670. The van der Waals surface area contributed by atoms with E-state index < -0.39 is 0 Å². The zero-order valence-corrected chi connectivity index (χ0v) is 10.3. The Labute approximate surface area is 102 Å². The molecule has 3 heteroatoms. The monoisotopic (exact) mass is 237 g/mol. The minimum Gasteiger partial charge on any atom is -0.493 e. The Bertz CT molecular complexity index is 298. The van der Waals surface area contributed by atoms with E-state index in [9.17, 15) is 0 Å². The zero-order valence-electron chi connectivity index (χ0n) is 9.47. The minimum absolute atomic E-state index is 0.509. The van der Waals surface area contributed by atoms with Crippen LogP contribution in [-0.2, 0) is 0 Å². The normalized spacial score (nSPS) is 21.9. The second-order valence-corrected chi connectivity index (χ2v) is 5.39. The molecule has 88 valence electrons. The van der Waals surface area contributed by atoms with Crippen LogP contribution in [0.2, 0.25) is 0 Å². The largest absolute Gasteiger partial charge is 0.493 e. The summed E-state index contributed by atoms with van der Waals surface area (Å²) in [5, 5.41) is 0. The highest BCUT2D eigenvalue weighted by Crippen LogP contribution is 2.29. The van der Waals surface area contributed by atoms with Gasteiger partial charge in [0.15, 0.2) is 0 Å². The van der Waals surface area contributed by atoms with E-state index >= 15 is 0 Å². The summed E-state index contributed by atoms with van der Waals surface area (Å²) < 4.78 is 5.78. The van der Waals surface area contributed by atoms with Crippen LogP contribution < -0.4 is 10.5 Å². The van der Waals surface area contributed by atoms with Crippen LogP contribution in [0.1, 0.15) is 6.42 Å². The van der Waals surface area contributed by atoms with Crippen LogP contribution in [-0.4, -0.2) is 24.7 Å². The summed E-state index contributed by atoms with van der Waals surface area (Å²) >= 11 is 2.04. The molecule has 1 aromatic rings. The summed E-state index contributed by atoms with van der Waals surface area (Å²) in [6.45, 7) is 1.49. The lowest BCUT2D eigenvalue weighted by atomic mass is 9.93. The lowest BCUT2D eigenvalue weighted by molar-refractivity contribution is 0.209. The molecule has 1 aliphatic rings. The number of para-hydroxylation sites is 1. The van der Waals surface area contributed by atoms with Gasteiger partial charge < -0.3 is 10.5 Å². The van der Waals surface area contributed by atoms with Crippen LogP contribution in [0.15, 0.2) is 30.3 Å². The highest BCUT2D eigenvalue weighted by atomic mass is 32.2. The minimum atomic E-state index is 0.509. The first-order valence-electron chi connectivity index (χ1n) is 5.86. The first-order chi connectivity index (χ1) is 7.90. The number of thioether (sulfide) groups is 1. The predicted octanol–water partition coefficient (Wildman–Crippen LogP) is 2.39. The van der Waals surface area contributed by atoms with Gasteiger partial charge in [-0.05, 0) is 42.5 Å². The Morgan fingerprint density at radius 2 is 2.19 bits per heavy atom. The molecule has 0 saturated carbocycles. The van der Waals surface area contributed by atoms with E-state index in [0.717, 1.165) is 24.8 Å². The average Bonchev–Trinajstić information content (AvgIpc) is 2.85. The van der Waals surface area contributed by atoms with Crippen molar-refractivity contribution in [1.29, 1.82) is 0 Å². The van der Waals surface area contributed by atoms with Crippen molar-refractivity contribution in [3.8, 4) is 5.75 Å². The topological polar surface area (TPSA) is 35.2 Å².